The number of carbonyl (C=O) groups excluding carboxylic acids is 3. The highest BCUT2D eigenvalue weighted by atomic mass is 16.2. The maximum atomic E-state index is 12.9. The predicted molar refractivity (Wildman–Crippen MR) is 97.8 cm³/mol. The number of anilines is 1. The summed E-state index contributed by atoms with van der Waals surface area (Å²) in [5, 5.41) is 2.81. The van der Waals surface area contributed by atoms with E-state index in [0.717, 1.165) is 41.1 Å². The molecule has 1 aliphatic heterocycles. The topological polar surface area (TPSA) is 82.6 Å². The lowest BCUT2D eigenvalue weighted by molar-refractivity contribution is -0.136. The number of nitrogens with one attached hydrogen (secondary N) is 1. The maximum absolute atomic E-state index is 12.9. The predicted octanol–water partition coefficient (Wildman–Crippen LogP) is 2.54. The van der Waals surface area contributed by atoms with Gasteiger partial charge in [-0.3, -0.25) is 19.5 Å². The summed E-state index contributed by atoms with van der Waals surface area (Å²) in [5.74, 6) is -0.625. The summed E-state index contributed by atoms with van der Waals surface area (Å²) in [7, 11) is 1.67. The lowest BCUT2D eigenvalue weighted by Gasteiger charge is -2.35. The molecule has 2 aliphatic rings. The van der Waals surface area contributed by atoms with E-state index in [1.165, 1.54) is 4.90 Å². The van der Waals surface area contributed by atoms with Gasteiger partial charge in [0, 0.05) is 12.7 Å². The molecule has 0 radical (unpaired) electrons. The highest BCUT2D eigenvalue weighted by Crippen LogP contribution is 2.39. The second kappa shape index (κ2) is 6.70. The Morgan fingerprint density at radius 3 is 2.46 bits per heavy atom. The minimum Gasteiger partial charge on any atom is -0.323 e. The average Bonchev–Trinajstić information content (AvgIpc) is 2.75. The molecule has 26 heavy (non-hydrogen) atoms. The van der Waals surface area contributed by atoms with Gasteiger partial charge in [-0.25, -0.2) is 4.79 Å². The van der Waals surface area contributed by atoms with Gasteiger partial charge in [0.2, 0.25) is 5.91 Å². The molecule has 140 valence electrons. The monoisotopic (exact) mass is 358 g/mol. The first-order valence-electron chi connectivity index (χ1n) is 9.11. The first-order chi connectivity index (χ1) is 12.3. The number of nitrogens with zero attached hydrogens (tertiary/aromatic N) is 3. The summed E-state index contributed by atoms with van der Waals surface area (Å²) in [6.07, 6.45) is 4.28. The van der Waals surface area contributed by atoms with Crippen LogP contribution in [0.3, 0.4) is 0 Å². The normalized spacial score (nSPS) is 19.4. The van der Waals surface area contributed by atoms with Crippen molar-refractivity contribution >= 4 is 23.5 Å². The fourth-order valence-corrected chi connectivity index (χ4v) is 4.21. The molecule has 0 bridgehead atoms. The number of carbonyl (C=O) groups is 3. The molecule has 3 rings (SSSR count). The van der Waals surface area contributed by atoms with Crippen LogP contribution in [-0.2, 0) is 9.59 Å². The SMILES string of the molecule is Cc1cc(C)c(NC(=O)CN2C(=O)N(C)C3(CCCCC3)C2=O)c(C)n1. The lowest BCUT2D eigenvalue weighted by atomic mass is 9.81. The van der Waals surface area contributed by atoms with Crippen molar-refractivity contribution < 1.29 is 14.4 Å². The highest BCUT2D eigenvalue weighted by molar-refractivity contribution is 6.10. The van der Waals surface area contributed by atoms with Crippen molar-refractivity contribution in [3.63, 3.8) is 0 Å². The molecule has 1 aromatic rings. The average molecular weight is 358 g/mol. The van der Waals surface area contributed by atoms with E-state index in [4.69, 9.17) is 0 Å². The Bertz CT molecular complexity index is 745. The third-order valence-electron chi connectivity index (χ3n) is 5.58. The molecule has 2 heterocycles. The van der Waals surface area contributed by atoms with Gasteiger partial charge >= 0.3 is 6.03 Å². The maximum Gasteiger partial charge on any atom is 0.327 e. The molecule has 0 atom stereocenters. The van der Waals surface area contributed by atoms with E-state index >= 15 is 0 Å². The van der Waals surface area contributed by atoms with E-state index in [9.17, 15) is 14.4 Å². The molecular formula is C19H26N4O3. The largest absolute Gasteiger partial charge is 0.327 e. The summed E-state index contributed by atoms with van der Waals surface area (Å²) < 4.78 is 0. The number of hydrogen-bond donors (Lipinski definition) is 1. The second-order valence-corrected chi connectivity index (χ2v) is 7.41. The number of urea groups is 1. The Balaban J connectivity index is 1.75. The molecule has 1 N–H and O–H groups in total. The first kappa shape index (κ1) is 18.4. The number of imide groups is 1. The Labute approximate surface area is 153 Å². The van der Waals surface area contributed by atoms with Crippen molar-refractivity contribution in [2.45, 2.75) is 58.4 Å². The number of amides is 4. The van der Waals surface area contributed by atoms with Gasteiger partial charge in [-0.2, -0.15) is 0 Å². The number of aryl methyl sites for hydroxylation is 3. The zero-order valence-corrected chi connectivity index (χ0v) is 15.9. The Morgan fingerprint density at radius 1 is 1.19 bits per heavy atom. The van der Waals surface area contributed by atoms with Gasteiger partial charge in [-0.05, 0) is 45.2 Å². The number of hydrogen-bond acceptors (Lipinski definition) is 4. The molecule has 4 amide bonds. The molecule has 7 heteroatoms. The summed E-state index contributed by atoms with van der Waals surface area (Å²) in [4.78, 5) is 45.0. The van der Waals surface area contributed by atoms with Crippen LogP contribution in [0.4, 0.5) is 10.5 Å². The molecule has 1 aliphatic carbocycles. The van der Waals surface area contributed by atoms with Gasteiger partial charge in [0.05, 0.1) is 11.4 Å². The molecular weight excluding hydrogens is 332 g/mol. The van der Waals surface area contributed by atoms with Gasteiger partial charge in [-0.1, -0.05) is 19.3 Å². The Morgan fingerprint density at radius 2 is 1.85 bits per heavy atom. The zero-order chi connectivity index (χ0) is 19.1. The van der Waals surface area contributed by atoms with Crippen LogP contribution < -0.4 is 5.32 Å². The Kier molecular flexibility index (Phi) is 4.73. The summed E-state index contributed by atoms with van der Waals surface area (Å²) in [6.45, 7) is 5.35. The van der Waals surface area contributed by atoms with Crippen molar-refractivity contribution in [1.29, 1.82) is 0 Å². The molecule has 1 spiro atoms. The molecule has 2 fully saturated rings. The first-order valence-corrected chi connectivity index (χ1v) is 9.11. The van der Waals surface area contributed by atoms with Crippen LogP contribution in [0.5, 0.6) is 0 Å². The Hall–Kier alpha value is -2.44. The van der Waals surface area contributed by atoms with Crippen LogP contribution in [0.2, 0.25) is 0 Å². The van der Waals surface area contributed by atoms with E-state index in [1.807, 2.05) is 26.8 Å². The van der Waals surface area contributed by atoms with Crippen LogP contribution in [-0.4, -0.2) is 51.8 Å². The second-order valence-electron chi connectivity index (χ2n) is 7.41. The standard InChI is InChI=1S/C19H26N4O3/c1-12-10-13(2)20-14(3)16(12)21-15(24)11-23-17(25)19(22(4)18(23)26)8-6-5-7-9-19/h10H,5-9,11H2,1-4H3,(H,21,24). The third kappa shape index (κ3) is 2.95. The van der Waals surface area contributed by atoms with Crippen LogP contribution in [0.1, 0.15) is 49.1 Å². The number of aromatic nitrogens is 1. The van der Waals surface area contributed by atoms with E-state index in [2.05, 4.69) is 10.3 Å². The van der Waals surface area contributed by atoms with E-state index in [-0.39, 0.29) is 24.4 Å². The fraction of sp³-hybridized carbons (Fsp3) is 0.579. The van der Waals surface area contributed by atoms with Gasteiger partial charge < -0.3 is 10.2 Å². The molecule has 7 nitrogen and oxygen atoms in total. The quantitative estimate of drug-likeness (QED) is 0.842. The number of pyridine rings is 1. The minimum atomic E-state index is -0.757. The molecule has 1 aromatic heterocycles. The van der Waals surface area contributed by atoms with Crippen molar-refractivity contribution in [2.24, 2.45) is 0 Å². The van der Waals surface area contributed by atoms with Gasteiger partial charge in [-0.15, -0.1) is 0 Å². The van der Waals surface area contributed by atoms with E-state index < -0.39 is 5.54 Å². The smallest absolute Gasteiger partial charge is 0.323 e. The minimum absolute atomic E-state index is 0.240. The summed E-state index contributed by atoms with van der Waals surface area (Å²) in [5.41, 5.74) is 2.38. The number of rotatable bonds is 3. The van der Waals surface area contributed by atoms with Gasteiger partial charge in [0.15, 0.2) is 0 Å². The summed E-state index contributed by atoms with van der Waals surface area (Å²) in [6, 6.07) is 1.50. The van der Waals surface area contributed by atoms with E-state index in [1.54, 1.807) is 7.05 Å². The highest BCUT2D eigenvalue weighted by Gasteiger charge is 2.55. The van der Waals surface area contributed by atoms with Crippen molar-refractivity contribution in [1.82, 2.24) is 14.8 Å². The van der Waals surface area contributed by atoms with Crippen molar-refractivity contribution in [2.75, 3.05) is 18.9 Å². The van der Waals surface area contributed by atoms with Crippen molar-refractivity contribution in [3.8, 4) is 0 Å². The third-order valence-corrected chi connectivity index (χ3v) is 5.58. The van der Waals surface area contributed by atoms with Crippen LogP contribution in [0.15, 0.2) is 6.07 Å². The molecule has 0 unspecified atom stereocenters. The van der Waals surface area contributed by atoms with Crippen molar-refractivity contribution in [3.05, 3.63) is 23.0 Å². The lowest BCUT2D eigenvalue weighted by Crippen LogP contribution is -2.49. The molecule has 1 saturated heterocycles. The molecule has 0 aromatic carbocycles. The van der Waals surface area contributed by atoms with Crippen LogP contribution in [0.25, 0.3) is 0 Å². The van der Waals surface area contributed by atoms with Gasteiger partial charge in [0.25, 0.3) is 5.91 Å². The zero-order valence-electron chi connectivity index (χ0n) is 15.9. The fourth-order valence-electron chi connectivity index (χ4n) is 4.21. The van der Waals surface area contributed by atoms with Crippen LogP contribution in [0, 0.1) is 20.8 Å². The molecule has 1 saturated carbocycles. The van der Waals surface area contributed by atoms with Crippen LogP contribution >= 0.6 is 0 Å². The number of likely N-dealkylation sites (N-methyl/N-ethyl adjacent to an activating group) is 1. The summed E-state index contributed by atoms with van der Waals surface area (Å²) >= 11 is 0. The van der Waals surface area contributed by atoms with Gasteiger partial charge in [0.1, 0.15) is 12.1 Å². The van der Waals surface area contributed by atoms with E-state index in [0.29, 0.717) is 18.5 Å².